The molecule has 0 spiro atoms. The monoisotopic (exact) mass is 375 g/mol. The fourth-order valence-electron chi connectivity index (χ4n) is 2.51. The molecule has 8 heteroatoms. The molecular weight excluding hydrogens is 354 g/mol. The lowest BCUT2D eigenvalue weighted by atomic mass is 10.1. The van der Waals surface area contributed by atoms with Crippen molar-refractivity contribution in [2.75, 3.05) is 25.0 Å². The summed E-state index contributed by atoms with van der Waals surface area (Å²) in [6.45, 7) is 3.39. The van der Waals surface area contributed by atoms with Gasteiger partial charge in [-0.2, -0.15) is 0 Å². The Morgan fingerprint density at radius 3 is 2.58 bits per heavy atom. The molecule has 1 aromatic carbocycles. The molecule has 1 aliphatic rings. The van der Waals surface area contributed by atoms with Crippen LogP contribution in [0.2, 0.25) is 0 Å². The largest absolute Gasteiger partial charge is 0.463 e. The molecule has 0 unspecified atom stereocenters. The van der Waals surface area contributed by atoms with E-state index in [1.807, 2.05) is 0 Å². The van der Waals surface area contributed by atoms with Crippen LogP contribution in [0.15, 0.2) is 36.4 Å². The van der Waals surface area contributed by atoms with Gasteiger partial charge in [-0.05, 0) is 44.1 Å². The number of anilines is 1. The van der Waals surface area contributed by atoms with Crippen LogP contribution in [0.1, 0.15) is 30.1 Å². The summed E-state index contributed by atoms with van der Waals surface area (Å²) in [6.07, 6.45) is 4.06. The maximum absolute atomic E-state index is 12.6. The number of likely N-dealkylation sites (tertiary alicyclic amines) is 1. The molecule has 1 aromatic rings. The van der Waals surface area contributed by atoms with E-state index in [0.717, 1.165) is 38.1 Å². The zero-order chi connectivity index (χ0) is 18.9. The van der Waals surface area contributed by atoms with Crippen molar-refractivity contribution < 1.29 is 19.1 Å². The van der Waals surface area contributed by atoms with Crippen LogP contribution in [-0.4, -0.2) is 47.5 Å². The number of benzene rings is 1. The van der Waals surface area contributed by atoms with Gasteiger partial charge in [-0.15, -0.1) is 0 Å². The van der Waals surface area contributed by atoms with Gasteiger partial charge in [0, 0.05) is 25.2 Å². The molecule has 0 aromatic heterocycles. The molecule has 26 heavy (non-hydrogen) atoms. The molecule has 0 bridgehead atoms. The second-order valence-electron chi connectivity index (χ2n) is 5.57. The Bertz CT molecular complexity index is 727. The summed E-state index contributed by atoms with van der Waals surface area (Å²) < 4.78 is 4.69. The molecule has 2 amide bonds. The van der Waals surface area contributed by atoms with Crippen molar-refractivity contribution in [3.05, 3.63) is 42.0 Å². The fraction of sp³-hybridized carbons (Fsp3) is 0.333. The Labute approximate surface area is 157 Å². The first-order valence-electron chi connectivity index (χ1n) is 8.36. The van der Waals surface area contributed by atoms with Crippen molar-refractivity contribution in [2.24, 2.45) is 0 Å². The number of carbonyl (C=O) groups is 3. The minimum Gasteiger partial charge on any atom is -0.463 e. The number of nitrogens with zero attached hydrogens (tertiary/aromatic N) is 1. The van der Waals surface area contributed by atoms with Gasteiger partial charge in [0.25, 0.3) is 5.91 Å². The van der Waals surface area contributed by atoms with E-state index in [0.29, 0.717) is 11.3 Å². The van der Waals surface area contributed by atoms with E-state index in [1.54, 1.807) is 36.1 Å². The molecule has 7 nitrogen and oxygen atoms in total. The van der Waals surface area contributed by atoms with Gasteiger partial charge in [-0.3, -0.25) is 14.9 Å². The van der Waals surface area contributed by atoms with Gasteiger partial charge < -0.3 is 15.0 Å². The quantitative estimate of drug-likeness (QED) is 0.464. The average Bonchev–Trinajstić information content (AvgIpc) is 3.14. The van der Waals surface area contributed by atoms with E-state index in [1.165, 1.54) is 0 Å². The summed E-state index contributed by atoms with van der Waals surface area (Å²) >= 11 is 5.11. The molecule has 1 aliphatic heterocycles. The van der Waals surface area contributed by atoms with Gasteiger partial charge in [0.2, 0.25) is 5.91 Å². The van der Waals surface area contributed by atoms with Crippen molar-refractivity contribution in [1.29, 1.82) is 0 Å². The summed E-state index contributed by atoms with van der Waals surface area (Å²) in [4.78, 5) is 37.4. The van der Waals surface area contributed by atoms with Crippen molar-refractivity contribution in [1.82, 2.24) is 10.2 Å². The molecule has 0 radical (unpaired) electrons. The van der Waals surface area contributed by atoms with E-state index in [2.05, 4.69) is 15.4 Å². The van der Waals surface area contributed by atoms with Gasteiger partial charge in [0.15, 0.2) is 5.11 Å². The van der Waals surface area contributed by atoms with Crippen LogP contribution in [0.3, 0.4) is 0 Å². The molecule has 138 valence electrons. The minimum absolute atomic E-state index is 0.0326. The summed E-state index contributed by atoms with van der Waals surface area (Å²) in [5, 5.41) is 5.32. The van der Waals surface area contributed by atoms with Crippen molar-refractivity contribution in [2.45, 2.75) is 19.8 Å². The zero-order valence-corrected chi connectivity index (χ0v) is 15.3. The highest BCUT2D eigenvalue weighted by Crippen LogP contribution is 2.20. The van der Waals surface area contributed by atoms with Gasteiger partial charge in [-0.1, -0.05) is 12.1 Å². The third-order valence-corrected chi connectivity index (χ3v) is 3.90. The van der Waals surface area contributed by atoms with Crippen LogP contribution in [-0.2, 0) is 14.3 Å². The fourth-order valence-corrected chi connectivity index (χ4v) is 2.72. The Morgan fingerprint density at radius 2 is 1.88 bits per heavy atom. The number of hydrogen-bond acceptors (Lipinski definition) is 5. The Kier molecular flexibility index (Phi) is 7.28. The first-order valence-corrected chi connectivity index (χ1v) is 8.77. The first kappa shape index (κ1) is 19.6. The smallest absolute Gasteiger partial charge is 0.330 e. The van der Waals surface area contributed by atoms with E-state index < -0.39 is 11.9 Å². The summed E-state index contributed by atoms with van der Waals surface area (Å²) in [7, 11) is 0. The molecule has 1 heterocycles. The SMILES string of the molecule is CCOC(=O)/C=C/C(=O)NC(=S)Nc1ccccc1C(=O)N1CCCC1. The molecule has 2 N–H and O–H groups in total. The minimum atomic E-state index is -0.608. The second kappa shape index (κ2) is 9.67. The molecular formula is C18H21N3O4S. The molecule has 1 fully saturated rings. The first-order chi connectivity index (χ1) is 12.5. The van der Waals surface area contributed by atoms with E-state index in [-0.39, 0.29) is 17.6 Å². The number of para-hydroxylation sites is 1. The zero-order valence-electron chi connectivity index (χ0n) is 14.5. The van der Waals surface area contributed by atoms with Crippen LogP contribution in [0.5, 0.6) is 0 Å². The maximum atomic E-state index is 12.6. The number of carbonyl (C=O) groups excluding carboxylic acids is 3. The summed E-state index contributed by atoms with van der Waals surface area (Å²) in [5.74, 6) is -1.25. The van der Waals surface area contributed by atoms with Crippen molar-refractivity contribution in [3.8, 4) is 0 Å². The Morgan fingerprint density at radius 1 is 1.19 bits per heavy atom. The number of rotatable bonds is 5. The highest BCUT2D eigenvalue weighted by atomic mass is 32.1. The number of esters is 1. The number of nitrogens with one attached hydrogen (secondary N) is 2. The van der Waals surface area contributed by atoms with Gasteiger partial charge >= 0.3 is 5.97 Å². The van der Waals surface area contributed by atoms with E-state index >= 15 is 0 Å². The van der Waals surface area contributed by atoms with Gasteiger partial charge in [-0.25, -0.2) is 4.79 Å². The van der Waals surface area contributed by atoms with E-state index in [9.17, 15) is 14.4 Å². The number of hydrogen-bond donors (Lipinski definition) is 2. The number of ether oxygens (including phenoxy) is 1. The molecule has 0 atom stereocenters. The lowest BCUT2D eigenvalue weighted by Crippen LogP contribution is -2.34. The lowest BCUT2D eigenvalue weighted by Gasteiger charge is -2.18. The second-order valence-corrected chi connectivity index (χ2v) is 5.98. The standard InChI is InChI=1S/C18H21N3O4S/c1-2-25-16(23)10-9-15(22)20-18(26)19-14-8-4-3-7-13(14)17(24)21-11-5-6-12-21/h3-4,7-10H,2,5-6,11-12H2,1H3,(H2,19,20,22,26)/b10-9+. The predicted molar refractivity (Wildman–Crippen MR) is 102 cm³/mol. The van der Waals surface area contributed by atoms with Crippen LogP contribution >= 0.6 is 12.2 Å². The average molecular weight is 375 g/mol. The van der Waals surface area contributed by atoms with Crippen LogP contribution in [0.4, 0.5) is 5.69 Å². The number of amides is 2. The topological polar surface area (TPSA) is 87.7 Å². The van der Waals surface area contributed by atoms with Crippen LogP contribution in [0.25, 0.3) is 0 Å². The molecule has 1 saturated heterocycles. The third kappa shape index (κ3) is 5.66. The Hall–Kier alpha value is -2.74. The van der Waals surface area contributed by atoms with Crippen LogP contribution in [0, 0.1) is 0 Å². The molecule has 0 saturated carbocycles. The van der Waals surface area contributed by atoms with Crippen LogP contribution < -0.4 is 10.6 Å². The molecule has 2 rings (SSSR count). The maximum Gasteiger partial charge on any atom is 0.330 e. The van der Waals surface area contributed by atoms with Gasteiger partial charge in [0.05, 0.1) is 17.9 Å². The van der Waals surface area contributed by atoms with Gasteiger partial charge in [0.1, 0.15) is 0 Å². The predicted octanol–water partition coefficient (Wildman–Crippen LogP) is 1.85. The highest BCUT2D eigenvalue weighted by molar-refractivity contribution is 7.80. The van der Waals surface area contributed by atoms with Crippen molar-refractivity contribution >= 4 is 40.8 Å². The van der Waals surface area contributed by atoms with Crippen molar-refractivity contribution in [3.63, 3.8) is 0 Å². The van der Waals surface area contributed by atoms with E-state index in [4.69, 9.17) is 12.2 Å². The summed E-state index contributed by atoms with van der Waals surface area (Å²) in [5.41, 5.74) is 1.01. The highest BCUT2D eigenvalue weighted by Gasteiger charge is 2.21. The lowest BCUT2D eigenvalue weighted by molar-refractivity contribution is -0.137. The number of thiocarbonyl (C=S) groups is 1. The normalized spacial score (nSPS) is 13.5. The third-order valence-electron chi connectivity index (χ3n) is 3.69. The molecule has 0 aliphatic carbocycles. The summed E-state index contributed by atoms with van der Waals surface area (Å²) in [6, 6.07) is 6.98. The Balaban J connectivity index is 1.97.